The maximum atomic E-state index is 6.13. The number of hydrogen-bond donors (Lipinski definition) is 2. The van der Waals surface area contributed by atoms with Crippen LogP contribution in [0.5, 0.6) is 5.88 Å². The van der Waals surface area contributed by atoms with Crippen LogP contribution in [0.2, 0.25) is 0 Å². The third-order valence-corrected chi connectivity index (χ3v) is 5.95. The molecule has 1 aliphatic heterocycles. The number of hydrogen-bond acceptors (Lipinski definition) is 5. The number of nitrogens with one attached hydrogen (secondary N) is 2. The molecule has 1 aliphatic carbocycles. The molecular formula is C24H41IN4O3. The van der Waals surface area contributed by atoms with Crippen LogP contribution >= 0.6 is 24.0 Å². The number of aromatic nitrogens is 1. The average molecular weight is 561 g/mol. The highest BCUT2D eigenvalue weighted by Gasteiger charge is 2.20. The Hall–Kier alpha value is -1.13. The van der Waals surface area contributed by atoms with Crippen LogP contribution in [-0.4, -0.2) is 56.6 Å². The Kier molecular flexibility index (Phi) is 13.3. The zero-order valence-electron chi connectivity index (χ0n) is 19.7. The van der Waals surface area contributed by atoms with Gasteiger partial charge in [0.15, 0.2) is 5.96 Å². The van der Waals surface area contributed by atoms with Gasteiger partial charge >= 0.3 is 0 Å². The van der Waals surface area contributed by atoms with Crippen molar-refractivity contribution in [2.45, 2.75) is 65.0 Å². The molecule has 1 saturated heterocycles. The summed E-state index contributed by atoms with van der Waals surface area (Å²) in [7, 11) is 0. The van der Waals surface area contributed by atoms with Crippen molar-refractivity contribution in [2.75, 3.05) is 39.5 Å². The summed E-state index contributed by atoms with van der Waals surface area (Å²) in [5.74, 6) is 2.93. The molecular weight excluding hydrogens is 519 g/mol. The van der Waals surface area contributed by atoms with Gasteiger partial charge in [0.1, 0.15) is 6.10 Å². The van der Waals surface area contributed by atoms with E-state index in [1.807, 2.05) is 18.3 Å². The highest BCUT2D eigenvalue weighted by molar-refractivity contribution is 14.0. The van der Waals surface area contributed by atoms with Gasteiger partial charge in [-0.1, -0.05) is 6.92 Å². The van der Waals surface area contributed by atoms with Crippen molar-refractivity contribution < 1.29 is 14.2 Å². The number of aliphatic imine (C=N–C) groups is 1. The molecule has 2 aliphatic rings. The quantitative estimate of drug-likeness (QED) is 0.183. The van der Waals surface area contributed by atoms with Crippen molar-refractivity contribution in [2.24, 2.45) is 16.8 Å². The minimum atomic E-state index is 0. The summed E-state index contributed by atoms with van der Waals surface area (Å²) in [5, 5.41) is 6.70. The Morgan fingerprint density at radius 3 is 2.81 bits per heavy atom. The summed E-state index contributed by atoms with van der Waals surface area (Å²) in [5.41, 5.74) is 1.11. The monoisotopic (exact) mass is 560 g/mol. The molecule has 0 aromatic carbocycles. The molecule has 8 heteroatoms. The van der Waals surface area contributed by atoms with Gasteiger partial charge in [-0.2, -0.15) is 0 Å². The maximum Gasteiger partial charge on any atom is 0.213 e. The van der Waals surface area contributed by atoms with Crippen molar-refractivity contribution in [3.63, 3.8) is 0 Å². The average Bonchev–Trinajstić information content (AvgIpc) is 3.30. The van der Waals surface area contributed by atoms with Crippen molar-refractivity contribution in [1.82, 2.24) is 15.6 Å². The number of pyridine rings is 1. The Morgan fingerprint density at radius 2 is 2.06 bits per heavy atom. The first-order valence-electron chi connectivity index (χ1n) is 12.0. The van der Waals surface area contributed by atoms with E-state index in [4.69, 9.17) is 19.2 Å². The lowest BCUT2D eigenvalue weighted by atomic mass is 9.89. The second kappa shape index (κ2) is 15.7. The fourth-order valence-corrected chi connectivity index (χ4v) is 3.99. The second-order valence-electron chi connectivity index (χ2n) is 8.78. The number of rotatable bonds is 11. The molecule has 1 unspecified atom stereocenters. The fourth-order valence-electron chi connectivity index (χ4n) is 3.99. The Bertz CT molecular complexity index is 662. The summed E-state index contributed by atoms with van der Waals surface area (Å²) < 4.78 is 17.3. The molecule has 0 amide bonds. The van der Waals surface area contributed by atoms with Crippen LogP contribution in [0.3, 0.4) is 0 Å². The largest absolute Gasteiger partial charge is 0.474 e. The molecule has 32 heavy (non-hydrogen) atoms. The van der Waals surface area contributed by atoms with E-state index < -0.39 is 0 Å². The standard InChI is InChI=1S/C24H40N4O3.HI/c1-3-25-24(27-11-4-13-29-17-21-10-14-30-18-21)28-16-20-9-12-26-23(15-20)31-22-7-5-19(2)6-8-22;/h9,12,15,19,21-22H,3-8,10-11,13-14,16-18H2,1-2H3,(H2,25,27,28);1H. The predicted molar refractivity (Wildman–Crippen MR) is 139 cm³/mol. The Labute approximate surface area is 210 Å². The highest BCUT2D eigenvalue weighted by Crippen LogP contribution is 2.26. The third-order valence-electron chi connectivity index (χ3n) is 5.95. The van der Waals surface area contributed by atoms with Crippen LogP contribution in [0.1, 0.15) is 57.9 Å². The lowest BCUT2D eigenvalue weighted by molar-refractivity contribution is 0.0888. The smallest absolute Gasteiger partial charge is 0.213 e. The summed E-state index contributed by atoms with van der Waals surface area (Å²) in [6.07, 6.45) is 8.92. The van der Waals surface area contributed by atoms with Crippen molar-refractivity contribution in [3.05, 3.63) is 23.9 Å². The molecule has 1 atom stereocenters. The first-order valence-corrected chi connectivity index (χ1v) is 12.0. The summed E-state index contributed by atoms with van der Waals surface area (Å²) in [6.45, 7) is 9.94. The number of halogens is 1. The summed E-state index contributed by atoms with van der Waals surface area (Å²) >= 11 is 0. The van der Waals surface area contributed by atoms with E-state index in [1.165, 1.54) is 12.8 Å². The van der Waals surface area contributed by atoms with Gasteiger partial charge in [-0.05, 0) is 63.0 Å². The van der Waals surface area contributed by atoms with Crippen LogP contribution in [0.15, 0.2) is 23.3 Å². The fraction of sp³-hybridized carbons (Fsp3) is 0.750. The van der Waals surface area contributed by atoms with Crippen LogP contribution < -0.4 is 15.4 Å². The van der Waals surface area contributed by atoms with Crippen molar-refractivity contribution >= 4 is 29.9 Å². The maximum absolute atomic E-state index is 6.13. The molecule has 1 saturated carbocycles. The van der Waals surface area contributed by atoms with E-state index >= 15 is 0 Å². The zero-order chi connectivity index (χ0) is 21.7. The van der Waals surface area contributed by atoms with Gasteiger partial charge in [-0.3, -0.25) is 0 Å². The summed E-state index contributed by atoms with van der Waals surface area (Å²) in [4.78, 5) is 9.12. The molecule has 2 fully saturated rings. The number of nitrogens with zero attached hydrogens (tertiary/aromatic N) is 2. The highest BCUT2D eigenvalue weighted by atomic mass is 127. The SMILES string of the molecule is CCNC(=NCc1ccnc(OC2CCC(C)CC2)c1)NCCCOCC1CCOC1.I. The van der Waals surface area contributed by atoms with E-state index in [9.17, 15) is 0 Å². The summed E-state index contributed by atoms with van der Waals surface area (Å²) in [6, 6.07) is 4.02. The molecule has 182 valence electrons. The van der Waals surface area contributed by atoms with Gasteiger partial charge in [0.2, 0.25) is 5.88 Å². The van der Waals surface area contributed by atoms with Crippen molar-refractivity contribution in [3.8, 4) is 5.88 Å². The lowest BCUT2D eigenvalue weighted by Gasteiger charge is -2.26. The lowest BCUT2D eigenvalue weighted by Crippen LogP contribution is -2.38. The van der Waals surface area contributed by atoms with Crippen LogP contribution in [0.4, 0.5) is 0 Å². The molecule has 0 spiro atoms. The van der Waals surface area contributed by atoms with Gasteiger partial charge in [0.05, 0.1) is 19.8 Å². The molecule has 0 bridgehead atoms. The predicted octanol–water partition coefficient (Wildman–Crippen LogP) is 4.16. The second-order valence-corrected chi connectivity index (χ2v) is 8.78. The topological polar surface area (TPSA) is 77.0 Å². The molecule has 7 nitrogen and oxygen atoms in total. The molecule has 3 rings (SSSR count). The molecule has 1 aromatic rings. The molecule has 2 heterocycles. The van der Waals surface area contributed by atoms with Crippen LogP contribution in [-0.2, 0) is 16.0 Å². The minimum absolute atomic E-state index is 0. The number of ether oxygens (including phenoxy) is 3. The van der Waals surface area contributed by atoms with E-state index in [-0.39, 0.29) is 24.0 Å². The van der Waals surface area contributed by atoms with Gasteiger partial charge in [-0.25, -0.2) is 9.98 Å². The van der Waals surface area contributed by atoms with Gasteiger partial charge in [0.25, 0.3) is 0 Å². The molecule has 1 aromatic heterocycles. The normalized spacial score (nSPS) is 23.4. The molecule has 2 N–H and O–H groups in total. The van der Waals surface area contributed by atoms with E-state index in [2.05, 4.69) is 29.5 Å². The van der Waals surface area contributed by atoms with E-state index in [1.54, 1.807) is 0 Å². The first-order chi connectivity index (χ1) is 15.2. The van der Waals surface area contributed by atoms with E-state index in [0.717, 1.165) is 88.5 Å². The van der Waals surface area contributed by atoms with Crippen molar-refractivity contribution in [1.29, 1.82) is 0 Å². The van der Waals surface area contributed by atoms with Crippen LogP contribution in [0, 0.1) is 11.8 Å². The van der Waals surface area contributed by atoms with E-state index in [0.29, 0.717) is 18.6 Å². The zero-order valence-corrected chi connectivity index (χ0v) is 22.0. The van der Waals surface area contributed by atoms with Gasteiger partial charge in [0, 0.05) is 44.5 Å². The Balaban J connectivity index is 0.00000363. The van der Waals surface area contributed by atoms with Crippen LogP contribution in [0.25, 0.3) is 0 Å². The first kappa shape index (κ1) is 27.1. The van der Waals surface area contributed by atoms with Gasteiger partial charge < -0.3 is 24.8 Å². The Morgan fingerprint density at radius 1 is 1.22 bits per heavy atom. The van der Waals surface area contributed by atoms with Gasteiger partial charge in [-0.15, -0.1) is 24.0 Å². The number of guanidine groups is 1. The third kappa shape index (κ3) is 10.2. The molecule has 0 radical (unpaired) electrons. The minimum Gasteiger partial charge on any atom is -0.474 e.